The molecule has 5 nitrogen and oxygen atoms in total. The van der Waals surface area contributed by atoms with Crippen LogP contribution in [0.5, 0.6) is 0 Å². The van der Waals surface area contributed by atoms with Gasteiger partial charge in [0.15, 0.2) is 0 Å². The standard InChI is InChI=1S/C12H17N3O2S/c1-9-5-6-11(14)10(2)12(9)18(16,17)15(3)8-4-7-13/h5-6H,4,8,14H2,1-3H3. The van der Waals surface area contributed by atoms with Gasteiger partial charge in [0.1, 0.15) is 0 Å². The highest BCUT2D eigenvalue weighted by Crippen LogP contribution is 2.27. The largest absolute Gasteiger partial charge is 0.398 e. The molecule has 1 aromatic carbocycles. The second kappa shape index (κ2) is 5.38. The van der Waals surface area contributed by atoms with Gasteiger partial charge in [-0.05, 0) is 31.0 Å². The number of hydrogen-bond acceptors (Lipinski definition) is 4. The number of anilines is 1. The third-order valence-electron chi connectivity index (χ3n) is 2.85. The zero-order valence-corrected chi connectivity index (χ0v) is 11.6. The van der Waals surface area contributed by atoms with Crippen molar-refractivity contribution in [2.24, 2.45) is 0 Å². The molecule has 1 aromatic rings. The molecular weight excluding hydrogens is 250 g/mol. The Kier molecular flexibility index (Phi) is 4.33. The second-order valence-corrected chi connectivity index (χ2v) is 6.14. The molecule has 0 radical (unpaired) electrons. The van der Waals surface area contributed by atoms with Crippen molar-refractivity contribution in [2.45, 2.75) is 25.2 Å². The molecular formula is C12H17N3O2S. The summed E-state index contributed by atoms with van der Waals surface area (Å²) < 4.78 is 26.0. The van der Waals surface area contributed by atoms with Gasteiger partial charge in [0.25, 0.3) is 0 Å². The summed E-state index contributed by atoms with van der Waals surface area (Å²) in [5.74, 6) is 0. The summed E-state index contributed by atoms with van der Waals surface area (Å²) in [7, 11) is -2.13. The van der Waals surface area contributed by atoms with E-state index >= 15 is 0 Å². The Bertz CT molecular complexity index is 588. The summed E-state index contributed by atoms with van der Waals surface area (Å²) in [5, 5.41) is 8.51. The van der Waals surface area contributed by atoms with Gasteiger partial charge in [-0.25, -0.2) is 8.42 Å². The normalized spacial score (nSPS) is 11.5. The second-order valence-electron chi connectivity index (χ2n) is 4.16. The molecule has 0 fully saturated rings. The number of rotatable bonds is 4. The zero-order valence-electron chi connectivity index (χ0n) is 10.8. The van der Waals surface area contributed by atoms with Gasteiger partial charge >= 0.3 is 0 Å². The summed E-state index contributed by atoms with van der Waals surface area (Å²) in [6.45, 7) is 3.59. The molecule has 0 aromatic heterocycles. The van der Waals surface area contributed by atoms with Crippen LogP contribution in [-0.4, -0.2) is 26.3 Å². The summed E-state index contributed by atoms with van der Waals surface area (Å²) in [6.07, 6.45) is 0.163. The number of nitrogens with zero attached hydrogens (tertiary/aromatic N) is 2. The van der Waals surface area contributed by atoms with Crippen LogP contribution < -0.4 is 5.73 Å². The minimum absolute atomic E-state index is 0.163. The minimum Gasteiger partial charge on any atom is -0.398 e. The highest BCUT2D eigenvalue weighted by atomic mass is 32.2. The Labute approximate surface area is 108 Å². The van der Waals surface area contributed by atoms with Crippen molar-refractivity contribution < 1.29 is 8.42 Å². The van der Waals surface area contributed by atoms with E-state index in [2.05, 4.69) is 0 Å². The molecule has 0 saturated carbocycles. The number of benzene rings is 1. The summed E-state index contributed by atoms with van der Waals surface area (Å²) in [4.78, 5) is 0.239. The Morgan fingerprint density at radius 1 is 1.39 bits per heavy atom. The molecule has 0 saturated heterocycles. The smallest absolute Gasteiger partial charge is 0.243 e. The van der Waals surface area contributed by atoms with Crippen molar-refractivity contribution in [1.29, 1.82) is 5.26 Å². The molecule has 0 spiro atoms. The van der Waals surface area contributed by atoms with Gasteiger partial charge in [-0.2, -0.15) is 9.57 Å². The molecule has 98 valence electrons. The van der Waals surface area contributed by atoms with E-state index in [0.29, 0.717) is 16.8 Å². The molecule has 0 aliphatic heterocycles. The molecule has 0 bridgehead atoms. The van der Waals surface area contributed by atoms with Crippen LogP contribution >= 0.6 is 0 Å². The van der Waals surface area contributed by atoms with Crippen LogP contribution in [0, 0.1) is 25.2 Å². The molecule has 0 unspecified atom stereocenters. The minimum atomic E-state index is -3.59. The molecule has 0 heterocycles. The molecule has 0 amide bonds. The number of nitrogens with two attached hydrogens (primary N) is 1. The maximum Gasteiger partial charge on any atom is 0.243 e. The predicted octanol–water partition coefficient (Wildman–Crippen LogP) is 1.42. The lowest BCUT2D eigenvalue weighted by Gasteiger charge is -2.19. The number of hydrogen-bond donors (Lipinski definition) is 1. The fraction of sp³-hybridized carbons (Fsp3) is 0.417. The third-order valence-corrected chi connectivity index (χ3v) is 5.00. The van der Waals surface area contributed by atoms with Crippen molar-refractivity contribution in [3.05, 3.63) is 23.3 Å². The third kappa shape index (κ3) is 2.63. The average Bonchev–Trinajstić information content (AvgIpc) is 2.31. The van der Waals surface area contributed by atoms with Gasteiger partial charge in [-0.15, -0.1) is 0 Å². The van der Waals surface area contributed by atoms with Crippen LogP contribution in [0.25, 0.3) is 0 Å². The predicted molar refractivity (Wildman–Crippen MR) is 70.4 cm³/mol. The number of aryl methyl sites for hydroxylation is 1. The van der Waals surface area contributed by atoms with Crippen molar-refractivity contribution in [3.8, 4) is 6.07 Å². The first-order valence-electron chi connectivity index (χ1n) is 5.51. The van der Waals surface area contributed by atoms with Crippen LogP contribution in [0.15, 0.2) is 17.0 Å². The van der Waals surface area contributed by atoms with Crippen LogP contribution in [0.4, 0.5) is 5.69 Å². The Hall–Kier alpha value is -1.58. The summed E-state index contributed by atoms with van der Waals surface area (Å²) >= 11 is 0. The van der Waals surface area contributed by atoms with Gasteiger partial charge in [0.2, 0.25) is 10.0 Å². The summed E-state index contributed by atoms with van der Waals surface area (Å²) in [5.41, 5.74) is 7.42. The molecule has 18 heavy (non-hydrogen) atoms. The van der Waals surface area contributed by atoms with Crippen molar-refractivity contribution in [3.63, 3.8) is 0 Å². The van der Waals surface area contributed by atoms with Crippen molar-refractivity contribution in [2.75, 3.05) is 19.3 Å². The fourth-order valence-electron chi connectivity index (χ4n) is 1.72. The SMILES string of the molecule is Cc1ccc(N)c(C)c1S(=O)(=O)N(C)CCC#N. The van der Waals surface area contributed by atoms with E-state index < -0.39 is 10.0 Å². The number of nitriles is 1. The van der Waals surface area contributed by atoms with E-state index in [-0.39, 0.29) is 17.9 Å². The Morgan fingerprint density at radius 2 is 2.00 bits per heavy atom. The highest BCUT2D eigenvalue weighted by Gasteiger charge is 2.25. The molecule has 6 heteroatoms. The lowest BCUT2D eigenvalue weighted by Crippen LogP contribution is -2.29. The number of sulfonamides is 1. The van der Waals surface area contributed by atoms with Crippen LogP contribution in [0.3, 0.4) is 0 Å². The first kappa shape index (κ1) is 14.5. The van der Waals surface area contributed by atoms with Gasteiger partial charge in [-0.3, -0.25) is 0 Å². The van der Waals surface area contributed by atoms with Gasteiger partial charge in [0, 0.05) is 25.7 Å². The van der Waals surface area contributed by atoms with Gasteiger partial charge in [0.05, 0.1) is 11.0 Å². The number of nitrogen functional groups attached to an aromatic ring is 1. The van der Waals surface area contributed by atoms with E-state index in [4.69, 9.17) is 11.0 Å². The molecule has 0 atom stereocenters. The van der Waals surface area contributed by atoms with E-state index in [1.807, 2.05) is 6.07 Å². The lowest BCUT2D eigenvalue weighted by molar-refractivity contribution is 0.475. The Balaban J connectivity index is 3.30. The first-order valence-corrected chi connectivity index (χ1v) is 6.95. The molecule has 2 N–H and O–H groups in total. The quantitative estimate of drug-likeness (QED) is 0.836. The fourth-order valence-corrected chi connectivity index (χ4v) is 3.35. The monoisotopic (exact) mass is 267 g/mol. The Morgan fingerprint density at radius 3 is 2.56 bits per heavy atom. The first-order chi connectivity index (χ1) is 8.32. The van der Waals surface area contributed by atoms with Crippen LogP contribution in [-0.2, 0) is 10.0 Å². The van der Waals surface area contributed by atoms with Crippen LogP contribution in [0.2, 0.25) is 0 Å². The van der Waals surface area contributed by atoms with E-state index in [1.165, 1.54) is 11.4 Å². The summed E-state index contributed by atoms with van der Waals surface area (Å²) in [6, 6.07) is 5.31. The lowest BCUT2D eigenvalue weighted by atomic mass is 10.1. The molecule has 0 aliphatic rings. The van der Waals surface area contributed by atoms with Crippen molar-refractivity contribution >= 4 is 15.7 Å². The molecule has 0 aliphatic carbocycles. The average molecular weight is 267 g/mol. The maximum absolute atomic E-state index is 12.4. The highest BCUT2D eigenvalue weighted by molar-refractivity contribution is 7.89. The van der Waals surface area contributed by atoms with Crippen molar-refractivity contribution in [1.82, 2.24) is 4.31 Å². The van der Waals surface area contributed by atoms with E-state index in [9.17, 15) is 8.42 Å². The molecule has 1 rings (SSSR count). The maximum atomic E-state index is 12.4. The van der Waals surface area contributed by atoms with E-state index in [1.54, 1.807) is 26.0 Å². The zero-order chi connectivity index (χ0) is 13.9. The van der Waals surface area contributed by atoms with Gasteiger partial charge < -0.3 is 5.73 Å². The topological polar surface area (TPSA) is 87.2 Å². The van der Waals surface area contributed by atoms with E-state index in [0.717, 1.165) is 0 Å². The van der Waals surface area contributed by atoms with Crippen LogP contribution in [0.1, 0.15) is 17.5 Å². The van der Waals surface area contributed by atoms with Gasteiger partial charge in [-0.1, -0.05) is 6.07 Å².